The van der Waals surface area contributed by atoms with E-state index in [9.17, 15) is 14.4 Å². The normalized spacial score (nSPS) is 17.4. The molecule has 0 radical (unpaired) electrons. The number of amides is 3. The van der Waals surface area contributed by atoms with Crippen molar-refractivity contribution in [1.29, 1.82) is 0 Å². The van der Waals surface area contributed by atoms with E-state index in [1.54, 1.807) is 46.2 Å². The van der Waals surface area contributed by atoms with Crippen molar-refractivity contribution in [3.63, 3.8) is 0 Å². The fraction of sp³-hybridized carbons (Fsp3) is 0.409. The van der Waals surface area contributed by atoms with Crippen molar-refractivity contribution in [3.05, 3.63) is 59.5 Å². The van der Waals surface area contributed by atoms with Gasteiger partial charge < -0.3 is 19.5 Å². The van der Waals surface area contributed by atoms with Crippen LogP contribution in [0.3, 0.4) is 0 Å². The van der Waals surface area contributed by atoms with Crippen molar-refractivity contribution < 1.29 is 18.8 Å². The Hall–Kier alpha value is -3.09. The fourth-order valence-electron chi connectivity index (χ4n) is 3.95. The van der Waals surface area contributed by atoms with Crippen LogP contribution >= 0.6 is 0 Å². The van der Waals surface area contributed by atoms with Gasteiger partial charge >= 0.3 is 0 Å². The molecule has 1 aromatic carbocycles. The molecule has 29 heavy (non-hydrogen) atoms. The maximum Gasteiger partial charge on any atom is 0.289 e. The molecule has 0 bridgehead atoms. The van der Waals surface area contributed by atoms with Crippen LogP contribution in [-0.2, 0) is 0 Å². The zero-order valence-electron chi connectivity index (χ0n) is 16.3. The summed E-state index contributed by atoms with van der Waals surface area (Å²) in [6.07, 6.45) is 5.88. The topological polar surface area (TPSA) is 82.9 Å². The second kappa shape index (κ2) is 8.51. The number of piperazine rings is 1. The molecule has 1 N–H and O–H groups in total. The molecule has 1 saturated heterocycles. The number of hydrogen-bond acceptors (Lipinski definition) is 4. The summed E-state index contributed by atoms with van der Waals surface area (Å²) in [5.41, 5.74) is 1.12. The molecule has 2 heterocycles. The summed E-state index contributed by atoms with van der Waals surface area (Å²) in [7, 11) is 0. The van der Waals surface area contributed by atoms with Crippen molar-refractivity contribution in [2.75, 3.05) is 26.2 Å². The van der Waals surface area contributed by atoms with Crippen LogP contribution in [0.15, 0.2) is 47.1 Å². The lowest BCUT2D eigenvalue weighted by atomic mass is 10.1. The van der Waals surface area contributed by atoms with Crippen molar-refractivity contribution >= 4 is 17.7 Å². The summed E-state index contributed by atoms with van der Waals surface area (Å²) >= 11 is 0. The highest BCUT2D eigenvalue weighted by Crippen LogP contribution is 2.18. The molecule has 2 aliphatic rings. The third-order valence-corrected chi connectivity index (χ3v) is 5.67. The Bertz CT molecular complexity index is 862. The van der Waals surface area contributed by atoms with Crippen molar-refractivity contribution in [3.8, 4) is 0 Å². The van der Waals surface area contributed by atoms with Crippen LogP contribution in [0.5, 0.6) is 0 Å². The largest absolute Gasteiger partial charge is 0.459 e. The standard InChI is InChI=1S/C22H25N3O4/c26-20(23-18-4-1-2-5-18)16-7-9-17(10-8-16)21(27)24-11-13-25(14-12-24)22(28)19-6-3-15-29-19/h3,6-10,15,18H,1-2,4-5,11-14H2,(H,23,26). The van der Waals surface area contributed by atoms with Crippen LogP contribution in [0.25, 0.3) is 0 Å². The summed E-state index contributed by atoms with van der Waals surface area (Å²) < 4.78 is 5.16. The Morgan fingerprint density at radius 2 is 1.41 bits per heavy atom. The summed E-state index contributed by atoms with van der Waals surface area (Å²) in [5, 5.41) is 3.05. The molecule has 0 atom stereocenters. The molecule has 7 nitrogen and oxygen atoms in total. The Morgan fingerprint density at radius 1 is 0.828 bits per heavy atom. The maximum atomic E-state index is 12.8. The van der Waals surface area contributed by atoms with Gasteiger partial charge in [-0.3, -0.25) is 14.4 Å². The molecule has 3 amide bonds. The number of carbonyl (C=O) groups excluding carboxylic acids is 3. The fourth-order valence-corrected chi connectivity index (χ4v) is 3.95. The first-order valence-corrected chi connectivity index (χ1v) is 10.1. The van der Waals surface area contributed by atoms with Gasteiger partial charge in [-0.1, -0.05) is 12.8 Å². The Labute approximate surface area is 169 Å². The Balaban J connectivity index is 1.31. The van der Waals surface area contributed by atoms with Crippen molar-refractivity contribution in [2.45, 2.75) is 31.7 Å². The molecule has 2 fully saturated rings. The van der Waals surface area contributed by atoms with Crippen LogP contribution in [0, 0.1) is 0 Å². The van der Waals surface area contributed by atoms with Crippen LogP contribution in [0.2, 0.25) is 0 Å². The van der Waals surface area contributed by atoms with Crippen LogP contribution in [0.4, 0.5) is 0 Å². The summed E-state index contributed by atoms with van der Waals surface area (Å²) in [5.74, 6) is -0.00484. The van der Waals surface area contributed by atoms with Gasteiger partial charge in [-0.05, 0) is 49.2 Å². The van der Waals surface area contributed by atoms with E-state index in [0.29, 0.717) is 43.1 Å². The van der Waals surface area contributed by atoms with Gasteiger partial charge in [0.1, 0.15) is 0 Å². The van der Waals surface area contributed by atoms with Gasteiger partial charge in [-0.2, -0.15) is 0 Å². The third-order valence-electron chi connectivity index (χ3n) is 5.67. The lowest BCUT2D eigenvalue weighted by Gasteiger charge is -2.34. The zero-order chi connectivity index (χ0) is 20.2. The Morgan fingerprint density at radius 3 is 2.00 bits per heavy atom. The molecule has 2 aromatic rings. The smallest absolute Gasteiger partial charge is 0.289 e. The molecule has 4 rings (SSSR count). The summed E-state index contributed by atoms with van der Waals surface area (Å²) in [6.45, 7) is 1.87. The molecule has 0 unspecified atom stereocenters. The summed E-state index contributed by atoms with van der Waals surface area (Å²) in [4.78, 5) is 40.8. The number of benzene rings is 1. The zero-order valence-corrected chi connectivity index (χ0v) is 16.3. The first kappa shape index (κ1) is 19.2. The number of carbonyl (C=O) groups is 3. The van der Waals surface area contributed by atoms with Gasteiger partial charge in [0.15, 0.2) is 5.76 Å². The van der Waals surface area contributed by atoms with Crippen LogP contribution in [0.1, 0.15) is 57.0 Å². The third kappa shape index (κ3) is 4.34. The molecular formula is C22H25N3O4. The predicted molar refractivity (Wildman–Crippen MR) is 107 cm³/mol. The van der Waals surface area contributed by atoms with E-state index in [1.807, 2.05) is 0 Å². The second-order valence-corrected chi connectivity index (χ2v) is 7.59. The second-order valence-electron chi connectivity index (χ2n) is 7.59. The molecular weight excluding hydrogens is 370 g/mol. The van der Waals surface area contributed by atoms with E-state index in [0.717, 1.165) is 12.8 Å². The first-order chi connectivity index (χ1) is 14.1. The minimum Gasteiger partial charge on any atom is -0.459 e. The highest BCUT2D eigenvalue weighted by Gasteiger charge is 2.26. The first-order valence-electron chi connectivity index (χ1n) is 10.1. The predicted octanol–water partition coefficient (Wildman–Crippen LogP) is 2.55. The maximum absolute atomic E-state index is 12.8. The van der Waals surface area contributed by atoms with E-state index in [2.05, 4.69) is 5.32 Å². The lowest BCUT2D eigenvalue weighted by Crippen LogP contribution is -2.50. The summed E-state index contributed by atoms with van der Waals surface area (Å²) in [6, 6.07) is 10.4. The minimum absolute atomic E-state index is 0.0825. The van der Waals surface area contributed by atoms with Gasteiger partial charge in [0.25, 0.3) is 17.7 Å². The molecule has 1 aromatic heterocycles. The van der Waals surface area contributed by atoms with E-state index >= 15 is 0 Å². The number of nitrogens with zero attached hydrogens (tertiary/aromatic N) is 2. The average Bonchev–Trinajstić information content (AvgIpc) is 3.47. The average molecular weight is 395 g/mol. The monoisotopic (exact) mass is 395 g/mol. The Kier molecular flexibility index (Phi) is 5.64. The quantitative estimate of drug-likeness (QED) is 0.863. The van der Waals surface area contributed by atoms with Crippen LogP contribution in [-0.4, -0.2) is 59.7 Å². The highest BCUT2D eigenvalue weighted by molar-refractivity contribution is 5.98. The van der Waals surface area contributed by atoms with Gasteiger partial charge in [0.2, 0.25) is 0 Å². The van der Waals surface area contributed by atoms with E-state index in [1.165, 1.54) is 19.1 Å². The molecule has 1 aliphatic heterocycles. The highest BCUT2D eigenvalue weighted by atomic mass is 16.3. The van der Waals surface area contributed by atoms with Gasteiger partial charge in [-0.15, -0.1) is 0 Å². The number of rotatable bonds is 4. The molecule has 1 aliphatic carbocycles. The molecule has 1 saturated carbocycles. The number of hydrogen-bond donors (Lipinski definition) is 1. The minimum atomic E-state index is -0.153. The van der Waals surface area contributed by atoms with Crippen LogP contribution < -0.4 is 5.32 Å². The van der Waals surface area contributed by atoms with Gasteiger partial charge in [-0.25, -0.2) is 0 Å². The van der Waals surface area contributed by atoms with Crippen molar-refractivity contribution in [1.82, 2.24) is 15.1 Å². The SMILES string of the molecule is O=C(NC1CCCC1)c1ccc(C(=O)N2CCN(C(=O)c3ccco3)CC2)cc1. The van der Waals surface area contributed by atoms with E-state index in [4.69, 9.17) is 4.42 Å². The lowest BCUT2D eigenvalue weighted by molar-refractivity contribution is 0.0518. The van der Waals surface area contributed by atoms with Crippen molar-refractivity contribution in [2.24, 2.45) is 0 Å². The van der Waals surface area contributed by atoms with Gasteiger partial charge in [0, 0.05) is 43.3 Å². The van der Waals surface area contributed by atoms with Gasteiger partial charge in [0.05, 0.1) is 6.26 Å². The molecule has 152 valence electrons. The van der Waals surface area contributed by atoms with E-state index < -0.39 is 0 Å². The number of furan rings is 1. The van der Waals surface area contributed by atoms with E-state index in [-0.39, 0.29) is 23.8 Å². The number of nitrogens with one attached hydrogen (secondary N) is 1. The molecule has 7 heteroatoms. The molecule has 0 spiro atoms.